The molecule has 1 saturated heterocycles. The molecule has 1 fully saturated rings. The van der Waals surface area contributed by atoms with Crippen molar-refractivity contribution >= 4 is 33.3 Å². The predicted molar refractivity (Wildman–Crippen MR) is 128 cm³/mol. The second-order valence-corrected chi connectivity index (χ2v) is 10.8. The van der Waals surface area contributed by atoms with Gasteiger partial charge < -0.3 is 5.32 Å². The normalized spacial score (nSPS) is 15.9. The number of aromatic nitrogens is 2. The minimum Gasteiger partial charge on any atom is -0.352 e. The van der Waals surface area contributed by atoms with Crippen LogP contribution in [-0.4, -0.2) is 54.3 Å². The molecule has 0 radical (unpaired) electrons. The van der Waals surface area contributed by atoms with Crippen LogP contribution in [0.4, 0.5) is 0 Å². The molecule has 0 aliphatic carbocycles. The zero-order valence-electron chi connectivity index (χ0n) is 17.8. The van der Waals surface area contributed by atoms with E-state index in [1.165, 1.54) is 16.6 Å². The highest BCUT2D eigenvalue weighted by atomic mass is 32.2. The Bertz CT molecular complexity index is 1180. The first-order valence-electron chi connectivity index (χ1n) is 10.5. The minimum atomic E-state index is -3.13. The van der Waals surface area contributed by atoms with E-state index in [0.29, 0.717) is 19.6 Å². The largest absolute Gasteiger partial charge is 0.352 e. The van der Waals surface area contributed by atoms with Crippen LogP contribution in [0.5, 0.6) is 0 Å². The van der Waals surface area contributed by atoms with Crippen LogP contribution < -0.4 is 5.32 Å². The molecule has 0 atom stereocenters. The minimum absolute atomic E-state index is 0.167. The number of sulfonamides is 1. The Morgan fingerprint density at radius 3 is 2.59 bits per heavy atom. The molecule has 0 spiro atoms. The maximum Gasteiger partial charge on any atom is 0.244 e. The summed E-state index contributed by atoms with van der Waals surface area (Å²) in [6.45, 7) is 1.57. The molecule has 168 valence electrons. The van der Waals surface area contributed by atoms with Crippen molar-refractivity contribution < 1.29 is 13.2 Å². The summed E-state index contributed by atoms with van der Waals surface area (Å²) in [6.07, 6.45) is 8.00. The Balaban J connectivity index is 1.40. The van der Waals surface area contributed by atoms with E-state index in [-0.39, 0.29) is 11.8 Å². The molecule has 1 amide bonds. The van der Waals surface area contributed by atoms with Gasteiger partial charge in [-0.25, -0.2) is 17.4 Å². The summed E-state index contributed by atoms with van der Waals surface area (Å²) in [5.41, 5.74) is 2.66. The molecule has 7 nitrogen and oxygen atoms in total. The molecule has 9 heteroatoms. The molecule has 3 aromatic rings. The number of amides is 1. The summed E-state index contributed by atoms with van der Waals surface area (Å²) in [5, 5.41) is 9.69. The lowest BCUT2D eigenvalue weighted by atomic mass is 9.98. The quantitative estimate of drug-likeness (QED) is 0.537. The average Bonchev–Trinajstić information content (AvgIpc) is 3.46. The third kappa shape index (κ3) is 5.53. The van der Waals surface area contributed by atoms with E-state index in [0.717, 1.165) is 34.7 Å². The van der Waals surface area contributed by atoms with Gasteiger partial charge in [-0.05, 0) is 48.4 Å². The average molecular weight is 471 g/mol. The first-order valence-corrected chi connectivity index (χ1v) is 13.2. The highest BCUT2D eigenvalue weighted by Gasteiger charge is 2.24. The van der Waals surface area contributed by atoms with Crippen LogP contribution >= 0.6 is 11.3 Å². The third-order valence-corrected chi connectivity index (χ3v) is 7.72. The number of hydrogen-bond acceptors (Lipinski definition) is 5. The lowest BCUT2D eigenvalue weighted by Gasteiger charge is -2.30. The van der Waals surface area contributed by atoms with Crippen LogP contribution in [0.3, 0.4) is 0 Å². The van der Waals surface area contributed by atoms with Gasteiger partial charge in [-0.2, -0.15) is 5.10 Å². The SMILES string of the molecule is CS(=O)(=O)N1CCC(CNC(=O)/C=C/c2cn(-c3ccccc3)nc2-c2cccs2)CC1. The molecule has 1 N–H and O–H groups in total. The predicted octanol–water partition coefficient (Wildman–Crippen LogP) is 3.40. The fraction of sp³-hybridized carbons (Fsp3) is 0.304. The number of para-hydroxylation sites is 1. The van der Waals surface area contributed by atoms with Crippen molar-refractivity contribution in [3.63, 3.8) is 0 Å². The number of carbonyl (C=O) groups excluding carboxylic acids is 1. The zero-order chi connectivity index (χ0) is 22.6. The van der Waals surface area contributed by atoms with Gasteiger partial charge in [0.2, 0.25) is 15.9 Å². The van der Waals surface area contributed by atoms with Gasteiger partial charge >= 0.3 is 0 Å². The number of thiophene rings is 1. The first kappa shape index (κ1) is 22.4. The van der Waals surface area contributed by atoms with E-state index in [9.17, 15) is 13.2 Å². The number of piperidine rings is 1. The van der Waals surface area contributed by atoms with Gasteiger partial charge in [0.25, 0.3) is 0 Å². The first-order chi connectivity index (χ1) is 15.4. The van der Waals surface area contributed by atoms with Gasteiger partial charge in [0.15, 0.2) is 0 Å². The molecule has 0 unspecified atom stereocenters. The van der Waals surface area contributed by atoms with E-state index in [2.05, 4.69) is 5.32 Å². The third-order valence-electron chi connectivity index (χ3n) is 5.54. The molecule has 1 aromatic carbocycles. The number of carbonyl (C=O) groups is 1. The van der Waals surface area contributed by atoms with Crippen LogP contribution in [0.2, 0.25) is 0 Å². The van der Waals surface area contributed by atoms with Crippen molar-refractivity contribution in [3.05, 3.63) is 65.7 Å². The Kier molecular flexibility index (Phi) is 6.88. The summed E-state index contributed by atoms with van der Waals surface area (Å²) in [7, 11) is -3.13. The fourth-order valence-corrected chi connectivity index (χ4v) is 5.35. The number of rotatable bonds is 7. The highest BCUT2D eigenvalue weighted by Crippen LogP contribution is 2.28. The van der Waals surface area contributed by atoms with Crippen LogP contribution in [-0.2, 0) is 14.8 Å². The van der Waals surface area contributed by atoms with Gasteiger partial charge in [0, 0.05) is 37.5 Å². The summed E-state index contributed by atoms with van der Waals surface area (Å²) in [5.74, 6) is 0.119. The van der Waals surface area contributed by atoms with Gasteiger partial charge in [-0.1, -0.05) is 24.3 Å². The number of nitrogens with one attached hydrogen (secondary N) is 1. The summed E-state index contributed by atoms with van der Waals surface area (Å²) < 4.78 is 26.6. The summed E-state index contributed by atoms with van der Waals surface area (Å²) in [6, 6.07) is 13.9. The van der Waals surface area contributed by atoms with Crippen molar-refractivity contribution in [2.45, 2.75) is 12.8 Å². The summed E-state index contributed by atoms with van der Waals surface area (Å²) in [4.78, 5) is 13.5. The second-order valence-electron chi connectivity index (χ2n) is 7.87. The number of hydrogen-bond donors (Lipinski definition) is 1. The van der Waals surface area contributed by atoms with Crippen molar-refractivity contribution in [3.8, 4) is 16.3 Å². The molecule has 1 aliphatic rings. The monoisotopic (exact) mass is 470 g/mol. The van der Waals surface area contributed by atoms with Gasteiger partial charge in [-0.15, -0.1) is 11.3 Å². The molecule has 0 bridgehead atoms. The Morgan fingerprint density at radius 2 is 1.94 bits per heavy atom. The highest BCUT2D eigenvalue weighted by molar-refractivity contribution is 7.88. The topological polar surface area (TPSA) is 84.3 Å². The number of benzene rings is 1. The molecule has 2 aromatic heterocycles. The molecule has 3 heterocycles. The van der Waals surface area contributed by atoms with Crippen LogP contribution in [0.1, 0.15) is 18.4 Å². The van der Waals surface area contributed by atoms with Crippen molar-refractivity contribution in [1.29, 1.82) is 0 Å². The number of nitrogens with zero attached hydrogens (tertiary/aromatic N) is 3. The summed E-state index contributed by atoms with van der Waals surface area (Å²) >= 11 is 1.61. The Labute approximate surface area is 192 Å². The standard InChI is InChI=1S/C23H26N4O3S2/c1-32(29,30)26-13-11-18(12-14-26)16-24-22(28)10-9-19-17-27(20-6-3-2-4-7-20)25-23(19)21-8-5-15-31-21/h2-10,15,17-18H,11-14,16H2,1H3,(H,24,28)/b10-9+. The van der Waals surface area contributed by atoms with Crippen LogP contribution in [0.15, 0.2) is 60.1 Å². The second kappa shape index (κ2) is 9.81. The van der Waals surface area contributed by atoms with E-state index in [1.54, 1.807) is 17.4 Å². The van der Waals surface area contributed by atoms with Crippen LogP contribution in [0.25, 0.3) is 22.3 Å². The van der Waals surface area contributed by atoms with Crippen LogP contribution in [0, 0.1) is 5.92 Å². The lowest BCUT2D eigenvalue weighted by Crippen LogP contribution is -2.40. The van der Waals surface area contributed by atoms with Crippen molar-refractivity contribution in [2.75, 3.05) is 25.9 Å². The maximum atomic E-state index is 12.4. The molecule has 1 aliphatic heterocycles. The molecule has 4 rings (SSSR count). The lowest BCUT2D eigenvalue weighted by molar-refractivity contribution is -0.116. The van der Waals surface area contributed by atoms with E-state index in [4.69, 9.17) is 5.10 Å². The molecular weight excluding hydrogens is 444 g/mol. The molecule has 0 saturated carbocycles. The van der Waals surface area contributed by atoms with Gasteiger partial charge in [0.1, 0.15) is 5.69 Å². The molecule has 32 heavy (non-hydrogen) atoms. The van der Waals surface area contributed by atoms with E-state index in [1.807, 2.05) is 58.7 Å². The van der Waals surface area contributed by atoms with E-state index >= 15 is 0 Å². The van der Waals surface area contributed by atoms with Crippen molar-refractivity contribution in [2.24, 2.45) is 5.92 Å². The fourth-order valence-electron chi connectivity index (χ4n) is 3.74. The maximum absolute atomic E-state index is 12.4. The Morgan fingerprint density at radius 1 is 1.19 bits per heavy atom. The molecular formula is C23H26N4O3S2. The smallest absolute Gasteiger partial charge is 0.244 e. The van der Waals surface area contributed by atoms with E-state index < -0.39 is 10.0 Å². The zero-order valence-corrected chi connectivity index (χ0v) is 19.5. The van der Waals surface area contributed by atoms with Gasteiger partial charge in [-0.3, -0.25) is 4.79 Å². The Hall–Kier alpha value is -2.75. The van der Waals surface area contributed by atoms with Crippen molar-refractivity contribution in [1.82, 2.24) is 19.4 Å². The van der Waals surface area contributed by atoms with Gasteiger partial charge in [0.05, 0.1) is 16.8 Å².